The fraction of sp³-hybridized carbons (Fsp3) is 0. The lowest BCUT2D eigenvalue weighted by atomic mass is 10.2. The van der Waals surface area contributed by atoms with Crippen LogP contribution in [-0.2, 0) is 0 Å². The topological polar surface area (TPSA) is 32.9 Å². The van der Waals surface area contributed by atoms with Gasteiger partial charge in [0.15, 0.2) is 6.29 Å². The van der Waals surface area contributed by atoms with E-state index in [9.17, 15) is 9.18 Å². The maximum absolute atomic E-state index is 12.4. The fourth-order valence-electron chi connectivity index (χ4n) is 1.57. The molecule has 0 saturated carbocycles. The molecule has 0 spiro atoms. The summed E-state index contributed by atoms with van der Waals surface area (Å²) in [5.41, 5.74) is 1.31. The number of halogens is 1. The van der Waals surface area contributed by atoms with Crippen molar-refractivity contribution in [1.29, 1.82) is 0 Å². The summed E-state index contributed by atoms with van der Waals surface area (Å²) < 4.78 is 12.4. The van der Waals surface area contributed by atoms with Crippen molar-refractivity contribution in [3.05, 3.63) is 72.2 Å². The van der Waals surface area contributed by atoms with Crippen LogP contribution in [0.5, 0.6) is 0 Å². The second kappa shape index (κ2) is 5.77. The Bertz CT molecular complexity index is 615. The molecule has 2 nitrogen and oxygen atoms in total. The molecule has 0 atom stereocenters. The van der Waals surface area contributed by atoms with Crippen LogP contribution >= 0.6 is 0 Å². The van der Waals surface area contributed by atoms with Gasteiger partial charge in [0.2, 0.25) is 0 Å². The molecule has 0 aliphatic carbocycles. The predicted molar refractivity (Wildman–Crippen MR) is 70.1 cm³/mol. The minimum Gasteiger partial charge on any atom is -0.361 e. The molecule has 0 bridgehead atoms. The van der Waals surface area contributed by atoms with E-state index in [1.807, 2.05) is 18.3 Å². The highest BCUT2D eigenvalue weighted by atomic mass is 19.1. The normalized spacial score (nSPS) is 9.61. The minimum atomic E-state index is -0.465. The Morgan fingerprint density at radius 1 is 0.944 bits per heavy atom. The zero-order chi connectivity index (χ0) is 12.8. The quantitative estimate of drug-likeness (QED) is 0.646. The number of aldehydes is 1. The number of aromatic amines is 1. The molecule has 0 aliphatic heterocycles. The van der Waals surface area contributed by atoms with Crippen molar-refractivity contribution in [2.45, 2.75) is 0 Å². The Morgan fingerprint density at radius 2 is 1.67 bits per heavy atom. The van der Waals surface area contributed by atoms with E-state index in [0.717, 1.165) is 0 Å². The summed E-state index contributed by atoms with van der Waals surface area (Å²) in [6.45, 7) is 0. The lowest BCUT2D eigenvalue weighted by molar-refractivity contribution is 0.112. The number of para-hydroxylation sites is 1. The van der Waals surface area contributed by atoms with Crippen LogP contribution in [0, 0.1) is 5.82 Å². The van der Waals surface area contributed by atoms with Gasteiger partial charge in [0.1, 0.15) is 5.82 Å². The molecule has 90 valence electrons. The maximum Gasteiger partial charge on any atom is 0.152 e. The SMILES string of the molecule is O=Cc1ccccc1F.c1ccc2[nH]ccc2c1. The first-order valence-electron chi connectivity index (χ1n) is 5.53. The monoisotopic (exact) mass is 241 g/mol. The molecular weight excluding hydrogens is 229 g/mol. The maximum atomic E-state index is 12.4. The van der Waals surface area contributed by atoms with Gasteiger partial charge in [-0.25, -0.2) is 4.39 Å². The van der Waals surface area contributed by atoms with E-state index >= 15 is 0 Å². The molecule has 3 aromatic rings. The van der Waals surface area contributed by atoms with E-state index in [4.69, 9.17) is 0 Å². The highest BCUT2D eigenvalue weighted by Gasteiger charge is 1.94. The Labute approximate surface area is 104 Å². The van der Waals surface area contributed by atoms with Crippen molar-refractivity contribution in [3.63, 3.8) is 0 Å². The molecule has 2 aromatic carbocycles. The fourth-order valence-corrected chi connectivity index (χ4v) is 1.57. The molecule has 1 N–H and O–H groups in total. The molecule has 0 fully saturated rings. The number of H-pyrrole nitrogens is 1. The number of hydrogen-bond donors (Lipinski definition) is 1. The summed E-state index contributed by atoms with van der Waals surface area (Å²) in [5.74, 6) is -0.465. The van der Waals surface area contributed by atoms with Gasteiger partial charge in [0.25, 0.3) is 0 Å². The number of aromatic nitrogens is 1. The van der Waals surface area contributed by atoms with E-state index in [1.165, 1.54) is 23.0 Å². The summed E-state index contributed by atoms with van der Waals surface area (Å²) in [6, 6.07) is 16.1. The van der Waals surface area contributed by atoms with Crippen LogP contribution in [0.15, 0.2) is 60.8 Å². The van der Waals surface area contributed by atoms with Gasteiger partial charge in [-0.3, -0.25) is 4.79 Å². The number of carbonyl (C=O) groups excluding carboxylic acids is 1. The van der Waals surface area contributed by atoms with Gasteiger partial charge in [-0.05, 0) is 29.7 Å². The standard InChI is InChI=1S/C8H7N.C7H5FO/c1-2-4-8-7(3-1)5-6-9-8;8-7-4-2-1-3-6(7)5-9/h1-6,9H;1-5H. The first-order valence-corrected chi connectivity index (χ1v) is 5.53. The average Bonchev–Trinajstić information content (AvgIpc) is 2.88. The Kier molecular flexibility index (Phi) is 3.86. The van der Waals surface area contributed by atoms with E-state index in [2.05, 4.69) is 23.2 Å². The van der Waals surface area contributed by atoms with Crippen LogP contribution in [0.1, 0.15) is 10.4 Å². The van der Waals surface area contributed by atoms with Crippen LogP contribution in [-0.4, -0.2) is 11.3 Å². The number of fused-ring (bicyclic) bond motifs is 1. The number of hydrogen-bond acceptors (Lipinski definition) is 1. The summed E-state index contributed by atoms with van der Waals surface area (Å²) in [4.78, 5) is 13.1. The van der Waals surface area contributed by atoms with Crippen molar-refractivity contribution in [2.75, 3.05) is 0 Å². The Balaban J connectivity index is 0.000000134. The summed E-state index contributed by atoms with van der Waals surface area (Å²) in [5, 5.41) is 1.28. The van der Waals surface area contributed by atoms with Crippen LogP contribution in [0.3, 0.4) is 0 Å². The number of rotatable bonds is 1. The molecule has 0 radical (unpaired) electrons. The molecule has 1 aromatic heterocycles. The van der Waals surface area contributed by atoms with Crippen LogP contribution in [0.2, 0.25) is 0 Å². The third-order valence-corrected chi connectivity index (χ3v) is 2.49. The third-order valence-electron chi connectivity index (χ3n) is 2.49. The van der Waals surface area contributed by atoms with E-state index in [0.29, 0.717) is 6.29 Å². The molecule has 0 saturated heterocycles. The number of benzene rings is 2. The van der Waals surface area contributed by atoms with Crippen molar-refractivity contribution < 1.29 is 9.18 Å². The van der Waals surface area contributed by atoms with Gasteiger partial charge >= 0.3 is 0 Å². The van der Waals surface area contributed by atoms with E-state index in [-0.39, 0.29) is 5.56 Å². The van der Waals surface area contributed by atoms with Gasteiger partial charge in [-0.15, -0.1) is 0 Å². The van der Waals surface area contributed by atoms with Crippen molar-refractivity contribution >= 4 is 17.2 Å². The lowest BCUT2D eigenvalue weighted by Gasteiger charge is -1.88. The van der Waals surface area contributed by atoms with E-state index in [1.54, 1.807) is 12.1 Å². The largest absolute Gasteiger partial charge is 0.361 e. The molecule has 1 heterocycles. The molecule has 3 rings (SSSR count). The summed E-state index contributed by atoms with van der Waals surface area (Å²) >= 11 is 0. The van der Waals surface area contributed by atoms with Gasteiger partial charge in [-0.2, -0.15) is 0 Å². The molecular formula is C15H12FNO. The van der Waals surface area contributed by atoms with Crippen molar-refractivity contribution in [2.24, 2.45) is 0 Å². The van der Waals surface area contributed by atoms with Crippen LogP contribution in [0.25, 0.3) is 10.9 Å². The molecule has 0 unspecified atom stereocenters. The third kappa shape index (κ3) is 2.83. The zero-order valence-corrected chi connectivity index (χ0v) is 9.64. The second-order valence-corrected chi connectivity index (χ2v) is 3.70. The highest BCUT2D eigenvalue weighted by molar-refractivity contribution is 5.78. The Hall–Kier alpha value is -2.42. The number of nitrogens with one attached hydrogen (secondary N) is 1. The van der Waals surface area contributed by atoms with Gasteiger partial charge in [0, 0.05) is 11.7 Å². The van der Waals surface area contributed by atoms with Gasteiger partial charge in [-0.1, -0.05) is 30.3 Å². The average molecular weight is 241 g/mol. The van der Waals surface area contributed by atoms with Gasteiger partial charge in [0.05, 0.1) is 5.56 Å². The van der Waals surface area contributed by atoms with Crippen LogP contribution < -0.4 is 0 Å². The van der Waals surface area contributed by atoms with Gasteiger partial charge < -0.3 is 4.98 Å². The molecule has 18 heavy (non-hydrogen) atoms. The number of carbonyl (C=O) groups is 1. The predicted octanol–water partition coefficient (Wildman–Crippen LogP) is 3.81. The smallest absolute Gasteiger partial charge is 0.152 e. The van der Waals surface area contributed by atoms with Crippen molar-refractivity contribution in [3.8, 4) is 0 Å². The molecule has 0 amide bonds. The summed E-state index contributed by atoms with van der Waals surface area (Å²) in [6.07, 6.45) is 2.44. The zero-order valence-electron chi connectivity index (χ0n) is 9.64. The highest BCUT2D eigenvalue weighted by Crippen LogP contribution is 2.09. The first-order chi connectivity index (χ1) is 8.81. The van der Waals surface area contributed by atoms with Crippen molar-refractivity contribution in [1.82, 2.24) is 4.98 Å². The van der Waals surface area contributed by atoms with E-state index < -0.39 is 5.82 Å². The summed E-state index contributed by atoms with van der Waals surface area (Å²) in [7, 11) is 0. The minimum absolute atomic E-state index is 0.109. The first kappa shape index (κ1) is 12.0. The second-order valence-electron chi connectivity index (χ2n) is 3.70. The molecule has 0 aliphatic rings. The Morgan fingerprint density at radius 3 is 2.33 bits per heavy atom. The van der Waals surface area contributed by atoms with Crippen LogP contribution in [0.4, 0.5) is 4.39 Å². The lowest BCUT2D eigenvalue weighted by Crippen LogP contribution is -1.83. The molecule has 3 heteroatoms.